The van der Waals surface area contributed by atoms with Crippen molar-refractivity contribution in [1.29, 1.82) is 0 Å². The van der Waals surface area contributed by atoms with Crippen LogP contribution in [0.5, 0.6) is 5.75 Å². The van der Waals surface area contributed by atoms with Gasteiger partial charge in [-0.25, -0.2) is 4.79 Å². The highest BCUT2D eigenvalue weighted by atomic mass is 16.6. The number of ether oxygens (including phenoxy) is 2. The van der Waals surface area contributed by atoms with Gasteiger partial charge in [-0.05, 0) is 47.5 Å². The van der Waals surface area contributed by atoms with E-state index in [4.69, 9.17) is 9.47 Å². The summed E-state index contributed by atoms with van der Waals surface area (Å²) in [6.45, 7) is 1.59. The molecule has 1 fully saturated rings. The van der Waals surface area contributed by atoms with Gasteiger partial charge in [0.25, 0.3) is 5.91 Å². The fraction of sp³-hybridized carbons (Fsp3) is 0.192. The standard InChI is InChI=1S/C26H25N3O5/c1-17(30)27-21-13-11-19(12-14-21)24-23(25(31)28-20-8-4-3-5-9-20)29(26(32)34-24)16-18-7-6-10-22(15-18)33-2/h3-15,23-24H,16H2,1-2H3,(H,27,30)(H,28,31)/t23-,24+/m1/s1. The summed E-state index contributed by atoms with van der Waals surface area (Å²) in [5.74, 6) is 0.0981. The molecule has 174 valence electrons. The summed E-state index contributed by atoms with van der Waals surface area (Å²) in [4.78, 5) is 39.1. The van der Waals surface area contributed by atoms with Gasteiger partial charge >= 0.3 is 6.09 Å². The smallest absolute Gasteiger partial charge is 0.411 e. The Kier molecular flexibility index (Phi) is 6.77. The Labute approximate surface area is 197 Å². The fourth-order valence-electron chi connectivity index (χ4n) is 3.87. The van der Waals surface area contributed by atoms with Crippen molar-refractivity contribution >= 4 is 29.3 Å². The topological polar surface area (TPSA) is 97.0 Å². The number of anilines is 2. The molecule has 0 bridgehead atoms. The first-order valence-corrected chi connectivity index (χ1v) is 10.8. The summed E-state index contributed by atoms with van der Waals surface area (Å²) < 4.78 is 11.0. The highest BCUT2D eigenvalue weighted by Gasteiger charge is 2.47. The molecule has 2 atom stereocenters. The highest BCUT2D eigenvalue weighted by Crippen LogP contribution is 2.35. The first kappa shape index (κ1) is 22.8. The monoisotopic (exact) mass is 459 g/mol. The quantitative estimate of drug-likeness (QED) is 0.547. The van der Waals surface area contributed by atoms with Gasteiger partial charge in [-0.3, -0.25) is 14.5 Å². The molecule has 0 radical (unpaired) electrons. The molecule has 0 spiro atoms. The number of para-hydroxylation sites is 1. The molecule has 8 nitrogen and oxygen atoms in total. The number of hydrogen-bond acceptors (Lipinski definition) is 5. The maximum Gasteiger partial charge on any atom is 0.411 e. The first-order chi connectivity index (χ1) is 16.4. The Morgan fingerprint density at radius 2 is 1.65 bits per heavy atom. The molecule has 3 aromatic carbocycles. The third-order valence-corrected chi connectivity index (χ3v) is 5.44. The Balaban J connectivity index is 1.64. The minimum absolute atomic E-state index is 0.170. The zero-order valence-corrected chi connectivity index (χ0v) is 18.9. The summed E-state index contributed by atoms with van der Waals surface area (Å²) in [6, 6.07) is 22.3. The summed E-state index contributed by atoms with van der Waals surface area (Å²) in [5, 5.41) is 5.59. The maximum atomic E-state index is 13.4. The number of carbonyl (C=O) groups is 3. The second-order valence-electron chi connectivity index (χ2n) is 7.89. The van der Waals surface area contributed by atoms with Crippen LogP contribution in [0.25, 0.3) is 0 Å². The van der Waals surface area contributed by atoms with Crippen molar-refractivity contribution in [3.63, 3.8) is 0 Å². The molecule has 0 aliphatic carbocycles. The molecule has 1 aliphatic rings. The van der Waals surface area contributed by atoms with E-state index in [-0.39, 0.29) is 18.4 Å². The number of hydrogen-bond donors (Lipinski definition) is 2. The molecule has 3 amide bonds. The van der Waals surface area contributed by atoms with E-state index in [0.717, 1.165) is 5.56 Å². The minimum Gasteiger partial charge on any atom is -0.497 e. The van der Waals surface area contributed by atoms with Crippen molar-refractivity contribution in [3.8, 4) is 5.75 Å². The van der Waals surface area contributed by atoms with E-state index in [1.807, 2.05) is 42.5 Å². The van der Waals surface area contributed by atoms with Gasteiger partial charge in [0.2, 0.25) is 5.91 Å². The third-order valence-electron chi connectivity index (χ3n) is 5.44. The first-order valence-electron chi connectivity index (χ1n) is 10.8. The van der Waals surface area contributed by atoms with Crippen LogP contribution in [-0.2, 0) is 20.9 Å². The normalized spacial score (nSPS) is 17.1. The van der Waals surface area contributed by atoms with Crippen LogP contribution < -0.4 is 15.4 Å². The number of carbonyl (C=O) groups excluding carboxylic acids is 3. The molecule has 1 saturated heterocycles. The van der Waals surface area contributed by atoms with Crippen molar-refractivity contribution in [3.05, 3.63) is 90.0 Å². The lowest BCUT2D eigenvalue weighted by atomic mass is 10.00. The predicted octanol–water partition coefficient (Wildman–Crippen LogP) is 4.35. The molecule has 8 heteroatoms. The zero-order chi connectivity index (χ0) is 24.1. The minimum atomic E-state index is -0.912. The lowest BCUT2D eigenvalue weighted by Gasteiger charge is -2.24. The van der Waals surface area contributed by atoms with Crippen LogP contribution in [-0.4, -0.2) is 36.0 Å². The average Bonchev–Trinajstić information content (AvgIpc) is 3.16. The Hall–Kier alpha value is -4.33. The van der Waals surface area contributed by atoms with Gasteiger partial charge in [0, 0.05) is 18.3 Å². The number of methoxy groups -OCH3 is 1. The summed E-state index contributed by atoms with van der Waals surface area (Å²) in [6.07, 6.45) is -1.42. The van der Waals surface area contributed by atoms with Crippen LogP contribution >= 0.6 is 0 Å². The van der Waals surface area contributed by atoms with Gasteiger partial charge in [-0.1, -0.05) is 42.5 Å². The molecule has 34 heavy (non-hydrogen) atoms. The van der Waals surface area contributed by atoms with Crippen molar-refractivity contribution in [1.82, 2.24) is 4.90 Å². The van der Waals surface area contributed by atoms with Crippen molar-refractivity contribution in [2.75, 3.05) is 17.7 Å². The van der Waals surface area contributed by atoms with Gasteiger partial charge in [0.1, 0.15) is 5.75 Å². The molecule has 0 aromatic heterocycles. The van der Waals surface area contributed by atoms with Crippen LogP contribution in [0.2, 0.25) is 0 Å². The van der Waals surface area contributed by atoms with Gasteiger partial charge in [0.05, 0.1) is 13.7 Å². The Morgan fingerprint density at radius 1 is 0.941 bits per heavy atom. The number of amides is 3. The largest absolute Gasteiger partial charge is 0.497 e. The second kappa shape index (κ2) is 10.1. The number of rotatable bonds is 7. The van der Waals surface area contributed by atoms with E-state index < -0.39 is 18.2 Å². The number of cyclic esters (lactones) is 1. The van der Waals surface area contributed by atoms with Gasteiger partial charge in [0.15, 0.2) is 12.1 Å². The molecule has 0 saturated carbocycles. The molecule has 4 rings (SSSR count). The number of benzene rings is 3. The van der Waals surface area contributed by atoms with E-state index in [0.29, 0.717) is 22.7 Å². The molecule has 0 unspecified atom stereocenters. The number of nitrogens with zero attached hydrogens (tertiary/aromatic N) is 1. The molecular weight excluding hydrogens is 434 g/mol. The molecule has 2 N–H and O–H groups in total. The van der Waals surface area contributed by atoms with E-state index in [1.165, 1.54) is 11.8 Å². The number of nitrogens with one attached hydrogen (secondary N) is 2. The predicted molar refractivity (Wildman–Crippen MR) is 127 cm³/mol. The van der Waals surface area contributed by atoms with Gasteiger partial charge in [-0.2, -0.15) is 0 Å². The fourth-order valence-corrected chi connectivity index (χ4v) is 3.87. The Morgan fingerprint density at radius 3 is 2.32 bits per heavy atom. The van der Waals surface area contributed by atoms with Crippen molar-refractivity contribution in [2.24, 2.45) is 0 Å². The van der Waals surface area contributed by atoms with Crippen LogP contribution in [0.4, 0.5) is 16.2 Å². The van der Waals surface area contributed by atoms with Crippen LogP contribution in [0.1, 0.15) is 24.2 Å². The van der Waals surface area contributed by atoms with E-state index in [2.05, 4.69) is 10.6 Å². The lowest BCUT2D eigenvalue weighted by Crippen LogP contribution is -2.43. The lowest BCUT2D eigenvalue weighted by molar-refractivity contribution is -0.121. The van der Waals surface area contributed by atoms with Crippen molar-refractivity contribution < 1.29 is 23.9 Å². The van der Waals surface area contributed by atoms with E-state index in [1.54, 1.807) is 43.5 Å². The zero-order valence-electron chi connectivity index (χ0n) is 18.9. The van der Waals surface area contributed by atoms with Gasteiger partial charge in [-0.15, -0.1) is 0 Å². The summed E-state index contributed by atoms with van der Waals surface area (Å²) >= 11 is 0. The SMILES string of the molecule is COc1cccc(CN2C(=O)O[C@@H](c3ccc(NC(C)=O)cc3)[C@@H]2C(=O)Nc2ccccc2)c1. The second-order valence-corrected chi connectivity index (χ2v) is 7.89. The summed E-state index contributed by atoms with van der Waals surface area (Å²) in [5.41, 5.74) is 2.67. The molecule has 1 heterocycles. The molecule has 3 aromatic rings. The highest BCUT2D eigenvalue weighted by molar-refractivity contribution is 5.98. The van der Waals surface area contributed by atoms with Crippen LogP contribution in [0.15, 0.2) is 78.9 Å². The molecular formula is C26H25N3O5. The molecule has 1 aliphatic heterocycles. The van der Waals surface area contributed by atoms with Crippen LogP contribution in [0, 0.1) is 0 Å². The average molecular weight is 460 g/mol. The summed E-state index contributed by atoms with van der Waals surface area (Å²) in [7, 11) is 1.57. The van der Waals surface area contributed by atoms with Gasteiger partial charge < -0.3 is 20.1 Å². The van der Waals surface area contributed by atoms with Crippen LogP contribution in [0.3, 0.4) is 0 Å². The Bertz CT molecular complexity index is 1180. The van der Waals surface area contributed by atoms with Crippen molar-refractivity contribution in [2.45, 2.75) is 25.6 Å². The van der Waals surface area contributed by atoms with E-state index in [9.17, 15) is 14.4 Å². The maximum absolute atomic E-state index is 13.4. The third kappa shape index (κ3) is 5.17. The van der Waals surface area contributed by atoms with E-state index >= 15 is 0 Å².